The number of phenolic OH excluding ortho intramolecular Hbond substituents is 1. The molecule has 0 amide bonds. The average Bonchev–Trinajstić information content (AvgIpc) is 2.93. The van der Waals surface area contributed by atoms with Crippen molar-refractivity contribution in [2.75, 3.05) is 13.2 Å². The molecule has 218 valence electrons. The first kappa shape index (κ1) is 31.0. The molecule has 3 rings (SSSR count). The van der Waals surface area contributed by atoms with Gasteiger partial charge in [-0.1, -0.05) is 45.0 Å². The number of benzene rings is 2. The average molecular weight is 560 g/mol. The quantitative estimate of drug-likeness (QED) is 0.0779. The van der Waals surface area contributed by atoms with E-state index in [-0.39, 0.29) is 40.7 Å². The minimum atomic E-state index is -1.98. The number of carbonyl (C=O) groups is 2. The standard InChI is InChI=1S/C29H37NO10/c1-28(2)9-10-29(3,4)20-11-16(5-8-19(20)28)21(30-38)14-39-17-6-7-18(22(32)12-17)27(37)40-15-24(34)26(36)25(35)23(33)13-31/h5-8,11-13,23-26,32-36,38H,9-10,14-15H2,1-4H3/b30-21-/t23-,24-,25-,26-/m1/s1. The van der Waals surface area contributed by atoms with Gasteiger partial charge in [0.05, 0.1) is 0 Å². The van der Waals surface area contributed by atoms with E-state index in [9.17, 15) is 40.3 Å². The lowest BCUT2D eigenvalue weighted by atomic mass is 9.63. The minimum Gasteiger partial charge on any atom is -0.507 e. The molecule has 40 heavy (non-hydrogen) atoms. The van der Waals surface area contributed by atoms with Crippen LogP contribution < -0.4 is 4.74 Å². The summed E-state index contributed by atoms with van der Waals surface area (Å²) < 4.78 is 10.6. The van der Waals surface area contributed by atoms with Crippen LogP contribution in [-0.4, -0.2) is 86.3 Å². The van der Waals surface area contributed by atoms with Crippen molar-refractivity contribution in [1.82, 2.24) is 0 Å². The van der Waals surface area contributed by atoms with Crippen LogP contribution in [0.25, 0.3) is 0 Å². The monoisotopic (exact) mass is 559 g/mol. The van der Waals surface area contributed by atoms with Crippen LogP contribution in [-0.2, 0) is 20.4 Å². The number of hydrogen-bond donors (Lipinski definition) is 6. The molecular weight excluding hydrogens is 522 g/mol. The van der Waals surface area contributed by atoms with Gasteiger partial charge < -0.3 is 45.0 Å². The molecule has 11 nitrogen and oxygen atoms in total. The summed E-state index contributed by atoms with van der Waals surface area (Å²) in [5.41, 5.74) is 3.16. The first-order valence-electron chi connectivity index (χ1n) is 12.9. The van der Waals surface area contributed by atoms with E-state index in [1.165, 1.54) is 29.3 Å². The first-order valence-corrected chi connectivity index (χ1v) is 12.9. The summed E-state index contributed by atoms with van der Waals surface area (Å²) in [7, 11) is 0. The number of hydrogen-bond acceptors (Lipinski definition) is 11. The van der Waals surface area contributed by atoms with Gasteiger partial charge in [-0.25, -0.2) is 4.79 Å². The fraction of sp³-hybridized carbons (Fsp3) is 0.483. The Morgan fingerprint density at radius 3 is 2.23 bits per heavy atom. The third-order valence-corrected chi connectivity index (χ3v) is 7.49. The maximum absolute atomic E-state index is 12.3. The van der Waals surface area contributed by atoms with Crippen LogP contribution in [0, 0.1) is 0 Å². The van der Waals surface area contributed by atoms with E-state index in [0.717, 1.165) is 12.8 Å². The summed E-state index contributed by atoms with van der Waals surface area (Å²) in [5.74, 6) is -1.36. The summed E-state index contributed by atoms with van der Waals surface area (Å²) in [6.45, 7) is 7.91. The highest BCUT2D eigenvalue weighted by Crippen LogP contribution is 2.46. The van der Waals surface area contributed by atoms with E-state index in [1.54, 1.807) is 0 Å². The van der Waals surface area contributed by atoms with Crippen LogP contribution in [0.4, 0.5) is 0 Å². The second-order valence-electron chi connectivity index (χ2n) is 11.3. The van der Waals surface area contributed by atoms with Gasteiger partial charge in [0.1, 0.15) is 60.4 Å². The first-order chi connectivity index (χ1) is 18.7. The zero-order valence-electron chi connectivity index (χ0n) is 22.9. The molecule has 1 aliphatic rings. The summed E-state index contributed by atoms with van der Waals surface area (Å²) >= 11 is 0. The molecule has 2 aromatic rings. The van der Waals surface area contributed by atoms with Crippen molar-refractivity contribution in [2.45, 2.75) is 75.8 Å². The second kappa shape index (κ2) is 12.3. The third-order valence-electron chi connectivity index (χ3n) is 7.49. The maximum Gasteiger partial charge on any atom is 0.342 e. The van der Waals surface area contributed by atoms with Gasteiger partial charge in [0.15, 0.2) is 6.29 Å². The Bertz CT molecular complexity index is 1260. The van der Waals surface area contributed by atoms with Crippen LogP contribution in [0.1, 0.15) is 67.6 Å². The molecule has 0 bridgehead atoms. The van der Waals surface area contributed by atoms with Crippen LogP contribution in [0.3, 0.4) is 0 Å². The van der Waals surface area contributed by atoms with E-state index in [0.29, 0.717) is 5.56 Å². The van der Waals surface area contributed by atoms with Crippen molar-refractivity contribution in [2.24, 2.45) is 5.16 Å². The number of aliphatic hydroxyl groups excluding tert-OH is 4. The molecule has 0 heterocycles. The predicted molar refractivity (Wildman–Crippen MR) is 144 cm³/mol. The SMILES string of the molecule is CC1(C)CCC(C)(C)c2cc(/C(COc3ccc(C(=O)OC[C@@H](O)[C@@H](O)[C@H](O)[C@H](O)C=O)c(O)c3)=N\O)ccc21. The predicted octanol–water partition coefficient (Wildman–Crippen LogP) is 1.80. The Balaban J connectivity index is 1.65. The van der Waals surface area contributed by atoms with Gasteiger partial charge in [-0.2, -0.15) is 0 Å². The molecule has 1 aliphatic carbocycles. The molecule has 0 radical (unpaired) electrons. The van der Waals surface area contributed by atoms with Crippen molar-refractivity contribution in [1.29, 1.82) is 0 Å². The largest absolute Gasteiger partial charge is 0.507 e. The lowest BCUT2D eigenvalue weighted by Gasteiger charge is -2.42. The highest BCUT2D eigenvalue weighted by Gasteiger charge is 2.37. The number of esters is 1. The van der Waals surface area contributed by atoms with Gasteiger partial charge in [0.25, 0.3) is 0 Å². The molecule has 0 saturated carbocycles. The Labute approximate surface area is 232 Å². The molecule has 0 spiro atoms. The number of aliphatic hydroxyl groups is 4. The van der Waals surface area contributed by atoms with E-state index in [1.807, 2.05) is 12.1 Å². The van der Waals surface area contributed by atoms with E-state index >= 15 is 0 Å². The topological polar surface area (TPSA) is 186 Å². The van der Waals surface area contributed by atoms with Crippen LogP contribution in [0.2, 0.25) is 0 Å². The highest BCUT2D eigenvalue weighted by atomic mass is 16.5. The van der Waals surface area contributed by atoms with Crippen molar-refractivity contribution in [3.05, 3.63) is 58.7 Å². The minimum absolute atomic E-state index is 0.0160. The Morgan fingerprint density at radius 2 is 1.62 bits per heavy atom. The maximum atomic E-state index is 12.3. The lowest BCUT2D eigenvalue weighted by molar-refractivity contribution is -0.136. The molecule has 2 aromatic carbocycles. The fourth-order valence-corrected chi connectivity index (χ4v) is 4.71. The summed E-state index contributed by atoms with van der Waals surface area (Å²) in [6.07, 6.45) is -5.61. The third kappa shape index (κ3) is 6.79. The number of carbonyl (C=O) groups excluding carboxylic acids is 2. The van der Waals surface area contributed by atoms with Crippen molar-refractivity contribution < 1.29 is 49.8 Å². The van der Waals surface area contributed by atoms with Gasteiger partial charge in [-0.3, -0.25) is 0 Å². The number of phenols is 1. The summed E-state index contributed by atoms with van der Waals surface area (Å²) in [4.78, 5) is 22.9. The number of rotatable bonds is 11. The van der Waals surface area contributed by atoms with Gasteiger partial charge in [-0.15, -0.1) is 0 Å². The molecule has 0 aromatic heterocycles. The Hall–Kier alpha value is -3.51. The number of oxime groups is 1. The Morgan fingerprint density at radius 1 is 0.975 bits per heavy atom. The number of ether oxygens (including phenoxy) is 2. The van der Waals surface area contributed by atoms with Gasteiger partial charge in [0.2, 0.25) is 0 Å². The molecule has 0 unspecified atom stereocenters. The van der Waals surface area contributed by atoms with Crippen LogP contribution >= 0.6 is 0 Å². The second-order valence-corrected chi connectivity index (χ2v) is 11.3. The van der Waals surface area contributed by atoms with Gasteiger partial charge >= 0.3 is 5.97 Å². The van der Waals surface area contributed by atoms with Crippen molar-refractivity contribution >= 4 is 18.0 Å². The van der Waals surface area contributed by atoms with Crippen molar-refractivity contribution in [3.8, 4) is 11.5 Å². The van der Waals surface area contributed by atoms with E-state index in [4.69, 9.17) is 9.47 Å². The normalized spacial score (nSPS) is 19.1. The molecule has 6 N–H and O–H groups in total. The van der Waals surface area contributed by atoms with Crippen LogP contribution in [0.5, 0.6) is 11.5 Å². The van der Waals surface area contributed by atoms with Gasteiger partial charge in [-0.05, 0) is 53.0 Å². The molecule has 4 atom stereocenters. The fourth-order valence-electron chi connectivity index (χ4n) is 4.71. The molecule has 0 aliphatic heterocycles. The van der Waals surface area contributed by atoms with Gasteiger partial charge in [0, 0.05) is 11.6 Å². The smallest absolute Gasteiger partial charge is 0.342 e. The molecular formula is C29H37NO10. The van der Waals surface area contributed by atoms with Crippen LogP contribution in [0.15, 0.2) is 41.6 Å². The number of aldehydes is 1. The lowest BCUT2D eigenvalue weighted by Crippen LogP contribution is -2.46. The highest BCUT2D eigenvalue weighted by molar-refractivity contribution is 6.01. The summed E-state index contributed by atoms with van der Waals surface area (Å²) in [5, 5.41) is 61.9. The number of nitrogens with zero attached hydrogens (tertiary/aromatic N) is 1. The summed E-state index contributed by atoms with van der Waals surface area (Å²) in [6, 6.07) is 9.75. The number of fused-ring (bicyclic) bond motifs is 1. The zero-order chi connectivity index (χ0) is 29.8. The molecule has 11 heteroatoms. The number of aromatic hydroxyl groups is 1. The molecule has 0 fully saturated rings. The van der Waals surface area contributed by atoms with Crippen molar-refractivity contribution in [3.63, 3.8) is 0 Å². The van der Waals surface area contributed by atoms with E-state index in [2.05, 4.69) is 38.9 Å². The Kier molecular flexibility index (Phi) is 9.57. The molecule has 0 saturated heterocycles. The zero-order valence-corrected chi connectivity index (χ0v) is 22.9. The van der Waals surface area contributed by atoms with E-state index < -0.39 is 42.7 Å².